The third-order valence-corrected chi connectivity index (χ3v) is 5.50. The van der Waals surface area contributed by atoms with Crippen molar-refractivity contribution < 1.29 is 14.1 Å². The molecule has 0 aliphatic rings. The van der Waals surface area contributed by atoms with Gasteiger partial charge in [0.15, 0.2) is 5.82 Å². The maximum atomic E-state index is 13.1. The smallest absolute Gasteiger partial charge is 0.349 e. The van der Waals surface area contributed by atoms with Crippen LogP contribution < -0.4 is 16.4 Å². The highest BCUT2D eigenvalue weighted by Crippen LogP contribution is 2.28. The first kappa shape index (κ1) is 22.8. The second-order valence-corrected chi connectivity index (χ2v) is 7.87. The highest BCUT2D eigenvalue weighted by atomic mass is 16.5. The zero-order valence-corrected chi connectivity index (χ0v) is 18.8. The van der Waals surface area contributed by atoms with Crippen molar-refractivity contribution in [2.75, 3.05) is 10.6 Å². The Hall–Kier alpha value is -5.94. The highest BCUT2D eigenvalue weighted by molar-refractivity contribution is 6.11. The topological polar surface area (TPSA) is 180 Å². The van der Waals surface area contributed by atoms with Gasteiger partial charge < -0.3 is 15.6 Å². The Morgan fingerprint density at radius 1 is 0.838 bits per heavy atom. The molecule has 178 valence electrons. The molecule has 4 N–H and O–H groups in total. The summed E-state index contributed by atoms with van der Waals surface area (Å²) < 4.78 is 4.55. The van der Waals surface area contributed by atoms with E-state index in [1.807, 2.05) is 12.1 Å². The number of nitrogens with one attached hydrogen (secondary N) is 4. The van der Waals surface area contributed by atoms with E-state index in [1.165, 1.54) is 24.3 Å². The number of hydrogen-bond donors (Lipinski definition) is 4. The van der Waals surface area contributed by atoms with Crippen LogP contribution in [-0.4, -0.2) is 26.9 Å². The molecule has 5 rings (SSSR count). The third kappa shape index (κ3) is 4.56. The summed E-state index contributed by atoms with van der Waals surface area (Å²) in [5, 5.41) is 28.2. The predicted octanol–water partition coefficient (Wildman–Crippen LogP) is 3.76. The van der Waals surface area contributed by atoms with Crippen LogP contribution in [-0.2, 0) is 0 Å². The molecule has 0 radical (unpaired) electrons. The molecule has 3 aromatic carbocycles. The molecule has 0 aliphatic heterocycles. The van der Waals surface area contributed by atoms with E-state index in [0.717, 1.165) is 0 Å². The lowest BCUT2D eigenvalue weighted by Crippen LogP contribution is -2.14. The largest absolute Gasteiger partial charge is 0.439 e. The molecule has 2 amide bonds. The summed E-state index contributed by atoms with van der Waals surface area (Å²) in [5.74, 6) is -1.64. The van der Waals surface area contributed by atoms with Gasteiger partial charge in [-0.1, -0.05) is 23.4 Å². The van der Waals surface area contributed by atoms with Gasteiger partial charge in [0.05, 0.1) is 40.2 Å². The van der Waals surface area contributed by atoms with Gasteiger partial charge in [0, 0.05) is 16.5 Å². The van der Waals surface area contributed by atoms with Gasteiger partial charge in [-0.15, -0.1) is 0 Å². The Bertz CT molecular complexity index is 1830. The fourth-order valence-electron chi connectivity index (χ4n) is 3.76. The van der Waals surface area contributed by atoms with E-state index in [4.69, 9.17) is 5.26 Å². The first-order chi connectivity index (χ1) is 17.9. The van der Waals surface area contributed by atoms with Crippen molar-refractivity contribution in [3.8, 4) is 23.5 Å². The maximum absolute atomic E-state index is 13.1. The summed E-state index contributed by atoms with van der Waals surface area (Å²) in [6.45, 7) is 0. The lowest BCUT2D eigenvalue weighted by Gasteiger charge is -2.09. The number of carbonyl (C=O) groups excluding carboxylic acids is 2. The number of nitriles is 2. The van der Waals surface area contributed by atoms with Crippen LogP contribution in [0.3, 0.4) is 0 Å². The fraction of sp³-hybridized carbons (Fsp3) is 0. The second kappa shape index (κ2) is 9.37. The molecule has 2 heterocycles. The van der Waals surface area contributed by atoms with Crippen molar-refractivity contribution in [1.29, 1.82) is 10.5 Å². The molecule has 0 bridgehead atoms. The molecule has 5 aromatic rings. The van der Waals surface area contributed by atoms with E-state index in [2.05, 4.69) is 30.3 Å². The molecule has 11 heteroatoms. The average molecular weight is 489 g/mol. The lowest BCUT2D eigenvalue weighted by atomic mass is 10.1. The van der Waals surface area contributed by atoms with Gasteiger partial charge in [-0.05, 0) is 48.5 Å². The molecule has 0 saturated heterocycles. The number of carbonyl (C=O) groups is 2. The monoisotopic (exact) mass is 489 g/mol. The van der Waals surface area contributed by atoms with Gasteiger partial charge in [-0.2, -0.15) is 10.5 Å². The number of rotatable bonds is 5. The number of benzene rings is 3. The third-order valence-electron chi connectivity index (χ3n) is 5.50. The van der Waals surface area contributed by atoms with Crippen LogP contribution in [0, 0.1) is 22.7 Å². The minimum absolute atomic E-state index is 0.0551. The summed E-state index contributed by atoms with van der Waals surface area (Å²) >= 11 is 0. The van der Waals surface area contributed by atoms with Crippen molar-refractivity contribution in [1.82, 2.24) is 15.1 Å². The Kier molecular flexibility index (Phi) is 5.78. The van der Waals surface area contributed by atoms with E-state index >= 15 is 0 Å². The molecule has 0 unspecified atom stereocenters. The minimum Gasteiger partial charge on any atom is -0.349 e. The van der Waals surface area contributed by atoms with Crippen LogP contribution in [0.15, 0.2) is 76.0 Å². The molecule has 11 nitrogen and oxygen atoms in total. The summed E-state index contributed by atoms with van der Waals surface area (Å²) in [6, 6.07) is 21.6. The average Bonchev–Trinajstić information content (AvgIpc) is 3.56. The van der Waals surface area contributed by atoms with Crippen LogP contribution in [0.25, 0.3) is 22.3 Å². The summed E-state index contributed by atoms with van der Waals surface area (Å²) in [5.41, 5.74) is 2.73. The second-order valence-electron chi connectivity index (χ2n) is 7.87. The van der Waals surface area contributed by atoms with Crippen molar-refractivity contribution in [3.63, 3.8) is 0 Å². The van der Waals surface area contributed by atoms with Gasteiger partial charge in [0.25, 0.3) is 11.8 Å². The van der Waals surface area contributed by atoms with Gasteiger partial charge in [-0.25, -0.2) is 4.79 Å². The minimum atomic E-state index is -0.779. The number of amides is 2. The number of fused-ring (bicyclic) bond motifs is 1. The Morgan fingerprint density at radius 2 is 1.59 bits per heavy atom. The van der Waals surface area contributed by atoms with Crippen LogP contribution in [0.5, 0.6) is 0 Å². The first-order valence-electron chi connectivity index (χ1n) is 10.8. The fourth-order valence-corrected chi connectivity index (χ4v) is 3.76. The van der Waals surface area contributed by atoms with Crippen LogP contribution in [0.2, 0.25) is 0 Å². The highest BCUT2D eigenvalue weighted by Gasteiger charge is 2.17. The number of H-pyrrole nitrogens is 2. The zero-order valence-electron chi connectivity index (χ0n) is 18.8. The molecule has 37 heavy (non-hydrogen) atoms. The van der Waals surface area contributed by atoms with Crippen LogP contribution in [0.4, 0.5) is 11.4 Å². The molecular weight excluding hydrogens is 474 g/mol. The number of nitrogens with zero attached hydrogens (tertiary/aromatic N) is 3. The van der Waals surface area contributed by atoms with E-state index in [1.54, 1.807) is 42.5 Å². The van der Waals surface area contributed by atoms with E-state index in [-0.39, 0.29) is 17.2 Å². The van der Waals surface area contributed by atoms with Crippen LogP contribution in [0.1, 0.15) is 32.0 Å². The van der Waals surface area contributed by atoms with E-state index in [9.17, 15) is 19.6 Å². The molecule has 0 aliphatic carbocycles. The van der Waals surface area contributed by atoms with Crippen LogP contribution >= 0.6 is 0 Å². The van der Waals surface area contributed by atoms with Crippen molar-refractivity contribution in [3.05, 3.63) is 99.7 Å². The Balaban J connectivity index is 1.44. The normalized spacial score (nSPS) is 10.4. The van der Waals surface area contributed by atoms with Gasteiger partial charge in [-0.3, -0.25) is 19.1 Å². The molecule has 0 spiro atoms. The summed E-state index contributed by atoms with van der Waals surface area (Å²) in [4.78, 5) is 42.7. The van der Waals surface area contributed by atoms with Gasteiger partial charge in [0.2, 0.25) is 0 Å². The summed E-state index contributed by atoms with van der Waals surface area (Å²) in [6.07, 6.45) is 0. The SMILES string of the molecule is N#Cc1cccc(C(=O)Nc2cccc3cc(C(=O)Nc4ccc(C#N)cc4-c4noc(=O)[nH]4)[nH]c23)c1. The Morgan fingerprint density at radius 3 is 2.35 bits per heavy atom. The van der Waals surface area contributed by atoms with Crippen molar-refractivity contribution in [2.45, 2.75) is 0 Å². The van der Waals surface area contributed by atoms with Crippen molar-refractivity contribution in [2.24, 2.45) is 0 Å². The standard InChI is InChI=1S/C26H15N7O4/c27-12-14-3-1-5-17(9-14)24(34)31-20-6-2-4-16-11-21(29-22(16)20)25(35)30-19-8-7-15(13-28)10-18(19)23-32-26(36)37-33-23/h1-11,29H,(H,30,35)(H,31,34)(H,32,33,36). The number of hydrogen-bond acceptors (Lipinski definition) is 7. The van der Waals surface area contributed by atoms with Crippen molar-refractivity contribution >= 4 is 34.1 Å². The number of para-hydroxylation sites is 1. The summed E-state index contributed by atoms with van der Waals surface area (Å²) in [7, 11) is 0. The van der Waals surface area contributed by atoms with E-state index < -0.39 is 17.6 Å². The number of aromatic nitrogens is 3. The molecule has 0 fully saturated rings. The maximum Gasteiger partial charge on any atom is 0.439 e. The van der Waals surface area contributed by atoms with E-state index in [0.29, 0.717) is 38.8 Å². The number of aromatic amines is 2. The Labute approximate surface area is 208 Å². The van der Waals surface area contributed by atoms with Gasteiger partial charge in [0.1, 0.15) is 5.69 Å². The lowest BCUT2D eigenvalue weighted by molar-refractivity contribution is 0.101. The first-order valence-corrected chi connectivity index (χ1v) is 10.8. The molecule has 0 saturated carbocycles. The molecule has 2 aromatic heterocycles. The molecular formula is C26H15N7O4. The van der Waals surface area contributed by atoms with Gasteiger partial charge >= 0.3 is 5.76 Å². The zero-order chi connectivity index (χ0) is 25.9. The molecule has 0 atom stereocenters. The predicted molar refractivity (Wildman–Crippen MR) is 133 cm³/mol. The quantitative estimate of drug-likeness (QED) is 0.290. The number of anilines is 2.